The predicted molar refractivity (Wildman–Crippen MR) is 72.2 cm³/mol. The third-order valence-electron chi connectivity index (χ3n) is 2.71. The van der Waals surface area contributed by atoms with Gasteiger partial charge in [0.2, 0.25) is 0 Å². The number of unbranched alkanes of at least 4 members (excludes halogenated alkanes) is 1. The van der Waals surface area contributed by atoms with Crippen LogP contribution in [0, 0.1) is 5.92 Å². The van der Waals surface area contributed by atoms with Crippen molar-refractivity contribution in [3.8, 4) is 0 Å². The molecular formula is C14H33N. The van der Waals surface area contributed by atoms with Crippen LogP contribution < -0.4 is 5.73 Å². The second kappa shape index (κ2) is 16.4. The van der Waals surface area contributed by atoms with Gasteiger partial charge in [0.05, 0.1) is 0 Å². The molecule has 94 valence electrons. The van der Waals surface area contributed by atoms with Gasteiger partial charge >= 0.3 is 0 Å². The molecule has 1 heteroatoms. The van der Waals surface area contributed by atoms with E-state index in [4.69, 9.17) is 5.73 Å². The highest BCUT2D eigenvalue weighted by atomic mass is 14.5. The molecule has 0 aliphatic carbocycles. The summed E-state index contributed by atoms with van der Waals surface area (Å²) in [7, 11) is 0. The summed E-state index contributed by atoms with van der Waals surface area (Å²) < 4.78 is 0. The minimum Gasteiger partial charge on any atom is -0.330 e. The van der Waals surface area contributed by atoms with Gasteiger partial charge in [-0.05, 0) is 25.3 Å². The Labute approximate surface area is 97.8 Å². The molecule has 0 aromatic carbocycles. The fraction of sp³-hybridized carbons (Fsp3) is 1.00. The van der Waals surface area contributed by atoms with E-state index in [0.29, 0.717) is 0 Å². The molecule has 0 fully saturated rings. The summed E-state index contributed by atoms with van der Waals surface area (Å²) in [6, 6.07) is 0. The summed E-state index contributed by atoms with van der Waals surface area (Å²) in [5.41, 5.74) is 5.47. The smallest absolute Gasteiger partial charge is 0.00772 e. The van der Waals surface area contributed by atoms with Crippen LogP contribution in [0.1, 0.15) is 79.1 Å². The van der Waals surface area contributed by atoms with Crippen molar-refractivity contribution >= 4 is 0 Å². The number of rotatable bonds is 8. The van der Waals surface area contributed by atoms with Crippen molar-refractivity contribution < 1.29 is 0 Å². The Morgan fingerprint density at radius 1 is 0.733 bits per heavy atom. The normalized spacial score (nSPS) is 10.0. The van der Waals surface area contributed by atoms with Crippen LogP contribution in [0.4, 0.5) is 0 Å². The molecule has 0 aliphatic heterocycles. The molecule has 0 saturated heterocycles. The topological polar surface area (TPSA) is 26.0 Å². The van der Waals surface area contributed by atoms with Gasteiger partial charge in [0.25, 0.3) is 0 Å². The van der Waals surface area contributed by atoms with Gasteiger partial charge in [0.15, 0.2) is 0 Å². The zero-order valence-corrected chi connectivity index (χ0v) is 11.5. The van der Waals surface area contributed by atoms with Crippen LogP contribution in [0.2, 0.25) is 0 Å². The Balaban J connectivity index is 0. The van der Waals surface area contributed by atoms with Crippen molar-refractivity contribution in [2.45, 2.75) is 79.1 Å². The van der Waals surface area contributed by atoms with Gasteiger partial charge in [-0.15, -0.1) is 0 Å². The van der Waals surface area contributed by atoms with Crippen LogP contribution in [0.5, 0.6) is 0 Å². The molecule has 0 aliphatic rings. The first-order valence-corrected chi connectivity index (χ1v) is 6.96. The van der Waals surface area contributed by atoms with E-state index in [-0.39, 0.29) is 0 Å². The standard InChI is InChI=1S/C10H23N.C4H10/c1-3-6-10(7-4-2)8-5-9-11;1-3-4-2/h10H,3-9,11H2,1-2H3;3-4H2,1-2H3. The summed E-state index contributed by atoms with van der Waals surface area (Å²) in [6.07, 6.45) is 10.6. The molecule has 0 rings (SSSR count). The van der Waals surface area contributed by atoms with Gasteiger partial charge in [0, 0.05) is 0 Å². The molecule has 0 atom stereocenters. The molecule has 0 radical (unpaired) electrons. The van der Waals surface area contributed by atoms with Crippen molar-refractivity contribution in [1.82, 2.24) is 0 Å². The lowest BCUT2D eigenvalue weighted by Gasteiger charge is -2.13. The van der Waals surface area contributed by atoms with E-state index in [1.54, 1.807) is 0 Å². The van der Waals surface area contributed by atoms with Gasteiger partial charge < -0.3 is 5.73 Å². The number of hydrogen-bond donors (Lipinski definition) is 1. The SMILES string of the molecule is CCCC.CCCC(CCC)CCCN. The van der Waals surface area contributed by atoms with Gasteiger partial charge in [-0.1, -0.05) is 66.2 Å². The molecule has 0 unspecified atom stereocenters. The van der Waals surface area contributed by atoms with Crippen LogP contribution in [-0.4, -0.2) is 6.54 Å². The average Bonchev–Trinajstić information content (AvgIpc) is 2.27. The third-order valence-corrected chi connectivity index (χ3v) is 2.71. The van der Waals surface area contributed by atoms with E-state index >= 15 is 0 Å². The minimum absolute atomic E-state index is 0.865. The number of hydrogen-bond acceptors (Lipinski definition) is 1. The molecular weight excluding hydrogens is 182 g/mol. The lowest BCUT2D eigenvalue weighted by atomic mass is 9.93. The van der Waals surface area contributed by atoms with E-state index < -0.39 is 0 Å². The highest BCUT2D eigenvalue weighted by Crippen LogP contribution is 2.18. The zero-order valence-electron chi connectivity index (χ0n) is 11.5. The van der Waals surface area contributed by atoms with E-state index in [2.05, 4.69) is 27.7 Å². The fourth-order valence-corrected chi connectivity index (χ4v) is 1.66. The molecule has 0 aromatic rings. The summed E-state index contributed by atoms with van der Waals surface area (Å²) >= 11 is 0. The van der Waals surface area contributed by atoms with Gasteiger partial charge in [-0.3, -0.25) is 0 Å². The Kier molecular flexibility index (Phi) is 19.0. The molecule has 0 saturated carbocycles. The third kappa shape index (κ3) is 16.6. The van der Waals surface area contributed by atoms with Crippen molar-refractivity contribution in [3.05, 3.63) is 0 Å². The Hall–Kier alpha value is -0.0400. The summed E-state index contributed by atoms with van der Waals surface area (Å²) in [4.78, 5) is 0. The Morgan fingerprint density at radius 3 is 1.47 bits per heavy atom. The highest BCUT2D eigenvalue weighted by molar-refractivity contribution is 4.58. The Morgan fingerprint density at radius 2 is 1.20 bits per heavy atom. The van der Waals surface area contributed by atoms with E-state index in [9.17, 15) is 0 Å². The van der Waals surface area contributed by atoms with Crippen LogP contribution in [-0.2, 0) is 0 Å². The quantitative estimate of drug-likeness (QED) is 0.621. The molecule has 1 nitrogen and oxygen atoms in total. The van der Waals surface area contributed by atoms with Crippen molar-refractivity contribution in [2.24, 2.45) is 11.7 Å². The van der Waals surface area contributed by atoms with E-state index in [0.717, 1.165) is 12.5 Å². The largest absolute Gasteiger partial charge is 0.330 e. The fourth-order valence-electron chi connectivity index (χ4n) is 1.66. The maximum absolute atomic E-state index is 5.47. The maximum atomic E-state index is 5.47. The van der Waals surface area contributed by atoms with Crippen LogP contribution in [0.15, 0.2) is 0 Å². The number of nitrogens with two attached hydrogens (primary N) is 1. The second-order valence-electron chi connectivity index (χ2n) is 4.37. The minimum atomic E-state index is 0.865. The lowest BCUT2D eigenvalue weighted by Crippen LogP contribution is -2.05. The average molecular weight is 215 g/mol. The van der Waals surface area contributed by atoms with E-state index in [1.807, 2.05) is 0 Å². The second-order valence-corrected chi connectivity index (χ2v) is 4.37. The molecule has 2 N–H and O–H groups in total. The van der Waals surface area contributed by atoms with Crippen LogP contribution >= 0.6 is 0 Å². The van der Waals surface area contributed by atoms with Crippen LogP contribution in [0.3, 0.4) is 0 Å². The van der Waals surface area contributed by atoms with Crippen molar-refractivity contribution in [1.29, 1.82) is 0 Å². The monoisotopic (exact) mass is 215 g/mol. The molecule has 0 spiro atoms. The molecule has 0 heterocycles. The van der Waals surface area contributed by atoms with Crippen molar-refractivity contribution in [2.75, 3.05) is 6.54 Å². The highest BCUT2D eigenvalue weighted by Gasteiger charge is 2.04. The molecule has 0 bridgehead atoms. The van der Waals surface area contributed by atoms with Crippen molar-refractivity contribution in [3.63, 3.8) is 0 Å². The van der Waals surface area contributed by atoms with Gasteiger partial charge in [-0.2, -0.15) is 0 Å². The predicted octanol–water partition coefficient (Wildman–Crippen LogP) is 4.75. The van der Waals surface area contributed by atoms with Gasteiger partial charge in [-0.25, -0.2) is 0 Å². The van der Waals surface area contributed by atoms with E-state index in [1.165, 1.54) is 51.4 Å². The molecule has 0 amide bonds. The van der Waals surface area contributed by atoms with Gasteiger partial charge in [0.1, 0.15) is 0 Å². The summed E-state index contributed by atoms with van der Waals surface area (Å²) in [6.45, 7) is 9.76. The first-order valence-electron chi connectivity index (χ1n) is 6.96. The molecule has 0 aromatic heterocycles. The summed E-state index contributed by atoms with van der Waals surface area (Å²) in [5, 5.41) is 0. The maximum Gasteiger partial charge on any atom is -0.00772 e. The van der Waals surface area contributed by atoms with Crippen LogP contribution in [0.25, 0.3) is 0 Å². The first kappa shape index (κ1) is 17.4. The Bertz CT molecular complexity index is 83.3. The zero-order chi connectivity index (χ0) is 11.9. The lowest BCUT2D eigenvalue weighted by molar-refractivity contribution is 0.402. The molecule has 15 heavy (non-hydrogen) atoms. The summed E-state index contributed by atoms with van der Waals surface area (Å²) in [5.74, 6) is 0.952. The first-order chi connectivity index (χ1) is 7.26.